The van der Waals surface area contributed by atoms with Crippen LogP contribution in [0.4, 0.5) is 0 Å². The number of allylic oxidation sites excluding steroid dienone is 1. The highest BCUT2D eigenvalue weighted by atomic mass is 16.7. The third kappa shape index (κ3) is 2.08. The molecule has 0 unspecified atom stereocenters. The number of nitrogens with zero attached hydrogens (tertiary/aromatic N) is 3. The zero-order valence-corrected chi connectivity index (χ0v) is 16.1. The first-order valence-corrected chi connectivity index (χ1v) is 10.5. The number of rotatable bonds is 1. The molecule has 5 rings (SSSR count). The number of hydrogen-bond donors (Lipinski definition) is 0. The Balaban J connectivity index is 1.45. The molecule has 0 N–H and O–H groups in total. The van der Waals surface area contributed by atoms with Gasteiger partial charge in [0, 0.05) is 22.8 Å². The van der Waals surface area contributed by atoms with Crippen LogP contribution in [-0.2, 0) is 9.47 Å². The number of azide groups is 1. The smallest absolute Gasteiger partial charge is 0.174 e. The van der Waals surface area contributed by atoms with Gasteiger partial charge in [0.1, 0.15) is 0 Å². The Kier molecular flexibility index (Phi) is 3.77. The topological polar surface area (TPSA) is 67.2 Å². The number of hydrogen-bond acceptors (Lipinski definition) is 3. The average molecular weight is 357 g/mol. The van der Waals surface area contributed by atoms with Gasteiger partial charge in [-0.05, 0) is 73.6 Å². The Morgan fingerprint density at radius 2 is 1.85 bits per heavy atom. The molecule has 0 aromatic carbocycles. The lowest BCUT2D eigenvalue weighted by Gasteiger charge is -2.58. The first-order chi connectivity index (χ1) is 12.5. The van der Waals surface area contributed by atoms with E-state index in [-0.39, 0.29) is 17.2 Å². The summed E-state index contributed by atoms with van der Waals surface area (Å²) in [6.45, 7) is 6.47. The summed E-state index contributed by atoms with van der Waals surface area (Å²) in [6.07, 6.45) is 11.7. The molecule has 1 saturated heterocycles. The fourth-order valence-electron chi connectivity index (χ4n) is 7.70. The van der Waals surface area contributed by atoms with Gasteiger partial charge in [0.15, 0.2) is 5.79 Å². The molecular formula is C21H31N3O2. The van der Waals surface area contributed by atoms with Crippen LogP contribution in [0.25, 0.3) is 10.4 Å². The zero-order valence-electron chi connectivity index (χ0n) is 16.1. The normalized spacial score (nSPS) is 48.9. The predicted molar refractivity (Wildman–Crippen MR) is 99.3 cm³/mol. The first kappa shape index (κ1) is 17.1. The van der Waals surface area contributed by atoms with E-state index in [1.165, 1.54) is 32.1 Å². The SMILES string of the molecule is C[C@]12CC[C@H](N=[N+]=[N-])CC1=CC[C@@H]1[C@@H]2CC[C@@]2(C)[C@H]1CCC21OCCO1. The Bertz CT molecular complexity index is 679. The highest BCUT2D eigenvalue weighted by molar-refractivity contribution is 5.26. The van der Waals surface area contributed by atoms with Crippen molar-refractivity contribution in [2.24, 2.45) is 33.7 Å². The maximum Gasteiger partial charge on any atom is 0.174 e. The van der Waals surface area contributed by atoms with Crippen LogP contribution < -0.4 is 0 Å². The van der Waals surface area contributed by atoms with Crippen LogP contribution in [0, 0.1) is 28.6 Å². The van der Waals surface area contributed by atoms with Crippen LogP contribution in [0.2, 0.25) is 0 Å². The summed E-state index contributed by atoms with van der Waals surface area (Å²) in [5.41, 5.74) is 10.9. The highest BCUT2D eigenvalue weighted by Gasteiger charge is 2.66. The molecule has 5 nitrogen and oxygen atoms in total. The van der Waals surface area contributed by atoms with Crippen molar-refractivity contribution in [3.8, 4) is 0 Å². The van der Waals surface area contributed by atoms with Crippen molar-refractivity contribution < 1.29 is 9.47 Å². The summed E-state index contributed by atoms with van der Waals surface area (Å²) in [5.74, 6) is 1.94. The standard InChI is InChI=1S/C21H31N3O2/c1-19-8-5-15(23-24-22)13-14(19)3-4-16-17(19)6-9-20(2)18(16)7-10-21(20)25-11-12-26-21/h3,15-18H,4-13H2,1-2H3/t15-,16+,17-,18-,19-,20-/m0/s1. The summed E-state index contributed by atoms with van der Waals surface area (Å²) in [6, 6.07) is 0.166. The molecule has 0 bridgehead atoms. The lowest BCUT2D eigenvalue weighted by molar-refractivity contribution is -0.242. The van der Waals surface area contributed by atoms with Gasteiger partial charge >= 0.3 is 0 Å². The van der Waals surface area contributed by atoms with Gasteiger partial charge in [0.2, 0.25) is 0 Å². The van der Waals surface area contributed by atoms with Crippen LogP contribution >= 0.6 is 0 Å². The molecule has 4 fully saturated rings. The van der Waals surface area contributed by atoms with Crippen molar-refractivity contribution in [2.75, 3.05) is 13.2 Å². The Morgan fingerprint density at radius 3 is 2.62 bits per heavy atom. The Labute approximate surface area is 156 Å². The van der Waals surface area contributed by atoms with Crippen LogP contribution in [0.3, 0.4) is 0 Å². The molecule has 3 saturated carbocycles. The molecule has 142 valence electrons. The minimum Gasteiger partial charge on any atom is -0.347 e. The molecule has 1 aliphatic heterocycles. The van der Waals surface area contributed by atoms with Crippen molar-refractivity contribution in [3.63, 3.8) is 0 Å². The lowest BCUT2D eigenvalue weighted by Crippen LogP contribution is -2.55. The van der Waals surface area contributed by atoms with Gasteiger partial charge < -0.3 is 9.47 Å². The van der Waals surface area contributed by atoms with E-state index in [0.29, 0.717) is 11.3 Å². The van der Waals surface area contributed by atoms with E-state index in [4.69, 9.17) is 15.0 Å². The Hall–Kier alpha value is -1.03. The molecule has 1 heterocycles. The van der Waals surface area contributed by atoms with E-state index < -0.39 is 0 Å². The summed E-state index contributed by atoms with van der Waals surface area (Å²) >= 11 is 0. The molecule has 5 heteroatoms. The van der Waals surface area contributed by atoms with E-state index in [9.17, 15) is 0 Å². The third-order valence-electron chi connectivity index (χ3n) is 9.09. The van der Waals surface area contributed by atoms with Crippen LogP contribution in [0.15, 0.2) is 16.8 Å². The second-order valence-electron chi connectivity index (χ2n) is 9.81. The quantitative estimate of drug-likeness (QED) is 0.274. The molecule has 6 atom stereocenters. The van der Waals surface area contributed by atoms with Crippen molar-refractivity contribution in [1.82, 2.24) is 0 Å². The second-order valence-corrected chi connectivity index (χ2v) is 9.81. The molecule has 0 amide bonds. The molecule has 0 radical (unpaired) electrons. The maximum absolute atomic E-state index is 8.81. The van der Waals surface area contributed by atoms with Gasteiger partial charge in [0.25, 0.3) is 0 Å². The average Bonchev–Trinajstić information content (AvgIpc) is 3.22. The van der Waals surface area contributed by atoms with Gasteiger partial charge in [0.05, 0.1) is 13.2 Å². The number of fused-ring (bicyclic) bond motifs is 6. The summed E-state index contributed by atoms with van der Waals surface area (Å²) < 4.78 is 12.5. The number of ether oxygens (including phenoxy) is 2. The van der Waals surface area contributed by atoms with Crippen molar-refractivity contribution in [2.45, 2.75) is 77.0 Å². The minimum atomic E-state index is -0.299. The minimum absolute atomic E-state index is 0.166. The first-order valence-electron chi connectivity index (χ1n) is 10.5. The van der Waals surface area contributed by atoms with E-state index in [1.807, 2.05) is 0 Å². The van der Waals surface area contributed by atoms with Gasteiger partial charge in [-0.15, -0.1) is 0 Å². The summed E-state index contributed by atoms with van der Waals surface area (Å²) in [4.78, 5) is 3.06. The molecule has 26 heavy (non-hydrogen) atoms. The monoisotopic (exact) mass is 357 g/mol. The molecule has 0 aromatic heterocycles. The molecular weight excluding hydrogens is 326 g/mol. The molecule has 1 spiro atoms. The zero-order chi connectivity index (χ0) is 18.0. The fraction of sp³-hybridized carbons (Fsp3) is 0.905. The van der Waals surface area contributed by atoms with Crippen molar-refractivity contribution in [1.29, 1.82) is 0 Å². The van der Waals surface area contributed by atoms with E-state index in [0.717, 1.165) is 44.3 Å². The van der Waals surface area contributed by atoms with Gasteiger partial charge in [-0.1, -0.05) is 30.6 Å². The van der Waals surface area contributed by atoms with Gasteiger partial charge in [-0.2, -0.15) is 0 Å². The predicted octanol–water partition coefficient (Wildman–Crippen LogP) is 5.37. The fourth-order valence-corrected chi connectivity index (χ4v) is 7.70. The third-order valence-corrected chi connectivity index (χ3v) is 9.09. The molecule has 5 aliphatic rings. The van der Waals surface area contributed by atoms with E-state index >= 15 is 0 Å². The largest absolute Gasteiger partial charge is 0.347 e. The van der Waals surface area contributed by atoms with Crippen LogP contribution in [0.1, 0.15) is 65.2 Å². The maximum atomic E-state index is 8.81. The van der Waals surface area contributed by atoms with Crippen molar-refractivity contribution in [3.05, 3.63) is 22.1 Å². The second kappa shape index (κ2) is 5.73. The Morgan fingerprint density at radius 1 is 1.08 bits per heavy atom. The van der Waals surface area contributed by atoms with Crippen LogP contribution in [0.5, 0.6) is 0 Å². The lowest BCUT2D eigenvalue weighted by atomic mass is 9.47. The summed E-state index contributed by atoms with van der Waals surface area (Å²) in [5, 5.41) is 4.03. The van der Waals surface area contributed by atoms with Crippen molar-refractivity contribution >= 4 is 0 Å². The van der Waals surface area contributed by atoms with Gasteiger partial charge in [-0.25, -0.2) is 0 Å². The summed E-state index contributed by atoms with van der Waals surface area (Å²) in [7, 11) is 0. The molecule has 0 aromatic rings. The van der Waals surface area contributed by atoms with E-state index in [1.54, 1.807) is 5.57 Å². The highest BCUT2D eigenvalue weighted by Crippen LogP contribution is 2.68. The van der Waals surface area contributed by atoms with E-state index in [2.05, 4.69) is 29.9 Å². The molecule has 4 aliphatic carbocycles. The van der Waals surface area contributed by atoms with Crippen LogP contribution in [-0.4, -0.2) is 25.0 Å². The van der Waals surface area contributed by atoms with Gasteiger partial charge in [-0.3, -0.25) is 0 Å².